The Morgan fingerprint density at radius 1 is 1.25 bits per heavy atom. The van der Waals surface area contributed by atoms with Gasteiger partial charge in [0.25, 0.3) is 0 Å². The number of imidazole rings is 1. The minimum Gasteiger partial charge on any atom is -0.331 e. The van der Waals surface area contributed by atoms with Crippen molar-refractivity contribution in [2.24, 2.45) is 7.05 Å². The molecule has 0 amide bonds. The van der Waals surface area contributed by atoms with Crippen LogP contribution < -0.4 is 5.32 Å². The molecule has 0 spiro atoms. The Kier molecular flexibility index (Phi) is 4.06. The van der Waals surface area contributed by atoms with Crippen LogP contribution >= 0.6 is 0 Å². The highest BCUT2D eigenvalue weighted by Crippen LogP contribution is 2.33. The Morgan fingerprint density at radius 2 is 2.05 bits per heavy atom. The number of hydrogen-bond donors (Lipinski definition) is 1. The Labute approximate surface area is 121 Å². The van der Waals surface area contributed by atoms with Crippen LogP contribution in [0.2, 0.25) is 0 Å². The molecule has 2 aromatic rings. The average Bonchev–Trinajstić information content (AvgIpc) is 2.83. The monoisotopic (exact) mass is 271 g/mol. The fourth-order valence-corrected chi connectivity index (χ4v) is 3.41. The van der Waals surface area contributed by atoms with Gasteiger partial charge in [-0.1, -0.05) is 25.3 Å². The van der Waals surface area contributed by atoms with Crippen LogP contribution in [0.25, 0.3) is 11.0 Å². The lowest BCUT2D eigenvalue weighted by molar-refractivity contribution is 0.423. The molecule has 1 aromatic heterocycles. The maximum Gasteiger partial charge on any atom is 0.112 e. The summed E-state index contributed by atoms with van der Waals surface area (Å²) >= 11 is 0. The van der Waals surface area contributed by atoms with E-state index in [0.29, 0.717) is 5.92 Å². The molecule has 20 heavy (non-hydrogen) atoms. The van der Waals surface area contributed by atoms with Crippen molar-refractivity contribution in [3.8, 4) is 0 Å². The van der Waals surface area contributed by atoms with Gasteiger partial charge in [-0.15, -0.1) is 0 Å². The summed E-state index contributed by atoms with van der Waals surface area (Å²) in [5.41, 5.74) is 3.82. The van der Waals surface area contributed by atoms with Crippen molar-refractivity contribution in [1.29, 1.82) is 0 Å². The minimum atomic E-state index is 0.668. The summed E-state index contributed by atoms with van der Waals surface area (Å²) in [5.74, 6) is 1.97. The standard InChI is InChI=1S/C17H25N3/c1-18-11-10-13-8-9-16-15(12-13)19-17(20(16)2)14-6-4-3-5-7-14/h8-9,12,14,18H,3-7,10-11H2,1-2H3. The quantitative estimate of drug-likeness (QED) is 0.924. The molecule has 1 aliphatic carbocycles. The number of likely N-dealkylation sites (N-methyl/N-ethyl adjacent to an activating group) is 1. The maximum atomic E-state index is 4.95. The van der Waals surface area contributed by atoms with Crippen LogP contribution in [-0.2, 0) is 13.5 Å². The van der Waals surface area contributed by atoms with Gasteiger partial charge in [-0.3, -0.25) is 0 Å². The van der Waals surface area contributed by atoms with Crippen molar-refractivity contribution in [1.82, 2.24) is 14.9 Å². The first-order chi connectivity index (χ1) is 9.79. The first-order valence-electron chi connectivity index (χ1n) is 7.89. The molecule has 0 radical (unpaired) electrons. The highest BCUT2D eigenvalue weighted by Gasteiger charge is 2.21. The summed E-state index contributed by atoms with van der Waals surface area (Å²) in [4.78, 5) is 4.95. The Balaban J connectivity index is 1.91. The molecule has 1 saturated carbocycles. The molecule has 3 heteroatoms. The van der Waals surface area contributed by atoms with E-state index in [1.54, 1.807) is 0 Å². The normalized spacial score (nSPS) is 16.9. The van der Waals surface area contributed by atoms with Gasteiger partial charge in [-0.2, -0.15) is 0 Å². The van der Waals surface area contributed by atoms with Crippen LogP contribution in [0.5, 0.6) is 0 Å². The summed E-state index contributed by atoms with van der Waals surface area (Å²) in [6.45, 7) is 1.02. The zero-order valence-electron chi connectivity index (χ0n) is 12.7. The van der Waals surface area contributed by atoms with Crippen LogP contribution in [0, 0.1) is 0 Å². The number of benzene rings is 1. The molecule has 0 bridgehead atoms. The molecule has 1 fully saturated rings. The SMILES string of the molecule is CNCCc1ccc2c(c1)nc(C1CCCCC1)n2C. The lowest BCUT2D eigenvalue weighted by Gasteiger charge is -2.20. The van der Waals surface area contributed by atoms with Crippen molar-refractivity contribution in [3.63, 3.8) is 0 Å². The van der Waals surface area contributed by atoms with E-state index in [-0.39, 0.29) is 0 Å². The molecule has 3 rings (SSSR count). The van der Waals surface area contributed by atoms with Gasteiger partial charge in [0.15, 0.2) is 0 Å². The van der Waals surface area contributed by atoms with Gasteiger partial charge < -0.3 is 9.88 Å². The Morgan fingerprint density at radius 3 is 2.80 bits per heavy atom. The molecule has 0 saturated heterocycles. The number of hydrogen-bond acceptors (Lipinski definition) is 2. The number of nitrogens with one attached hydrogen (secondary N) is 1. The third kappa shape index (κ3) is 2.59. The van der Waals surface area contributed by atoms with Gasteiger partial charge in [-0.25, -0.2) is 4.98 Å². The number of fused-ring (bicyclic) bond motifs is 1. The second-order valence-electron chi connectivity index (χ2n) is 6.04. The Hall–Kier alpha value is -1.35. The summed E-state index contributed by atoms with van der Waals surface area (Å²) in [6, 6.07) is 6.74. The van der Waals surface area contributed by atoms with Crippen molar-refractivity contribution in [2.45, 2.75) is 44.4 Å². The number of rotatable bonds is 4. The third-order valence-corrected chi connectivity index (χ3v) is 4.61. The lowest BCUT2D eigenvalue weighted by atomic mass is 9.89. The van der Waals surface area contributed by atoms with Crippen LogP contribution in [0.1, 0.15) is 49.4 Å². The van der Waals surface area contributed by atoms with Gasteiger partial charge in [0.05, 0.1) is 11.0 Å². The van der Waals surface area contributed by atoms with E-state index in [1.165, 1.54) is 54.5 Å². The second kappa shape index (κ2) is 5.96. The van der Waals surface area contributed by atoms with Gasteiger partial charge >= 0.3 is 0 Å². The highest BCUT2D eigenvalue weighted by molar-refractivity contribution is 5.77. The average molecular weight is 271 g/mol. The molecular weight excluding hydrogens is 246 g/mol. The van der Waals surface area contributed by atoms with E-state index in [0.717, 1.165) is 13.0 Å². The van der Waals surface area contributed by atoms with Crippen LogP contribution in [-0.4, -0.2) is 23.1 Å². The molecule has 108 valence electrons. The topological polar surface area (TPSA) is 29.9 Å². The summed E-state index contributed by atoms with van der Waals surface area (Å²) in [6.07, 6.45) is 7.81. The molecule has 0 unspecified atom stereocenters. The maximum absolute atomic E-state index is 4.95. The van der Waals surface area contributed by atoms with E-state index < -0.39 is 0 Å². The van der Waals surface area contributed by atoms with Gasteiger partial charge in [0, 0.05) is 13.0 Å². The van der Waals surface area contributed by atoms with Crippen LogP contribution in [0.15, 0.2) is 18.2 Å². The molecule has 1 heterocycles. The predicted molar refractivity (Wildman–Crippen MR) is 84.2 cm³/mol. The number of aryl methyl sites for hydroxylation is 1. The number of aromatic nitrogens is 2. The van der Waals surface area contributed by atoms with Gasteiger partial charge in [0.1, 0.15) is 5.82 Å². The van der Waals surface area contributed by atoms with E-state index in [4.69, 9.17) is 4.98 Å². The molecule has 0 aliphatic heterocycles. The second-order valence-corrected chi connectivity index (χ2v) is 6.04. The van der Waals surface area contributed by atoms with Gasteiger partial charge in [0.2, 0.25) is 0 Å². The molecular formula is C17H25N3. The zero-order chi connectivity index (χ0) is 13.9. The van der Waals surface area contributed by atoms with Gasteiger partial charge in [-0.05, 0) is 50.6 Å². The minimum absolute atomic E-state index is 0.668. The summed E-state index contributed by atoms with van der Waals surface area (Å²) < 4.78 is 2.31. The van der Waals surface area contributed by atoms with Crippen molar-refractivity contribution >= 4 is 11.0 Å². The molecule has 1 aliphatic rings. The molecule has 1 aromatic carbocycles. The van der Waals surface area contributed by atoms with Crippen molar-refractivity contribution < 1.29 is 0 Å². The smallest absolute Gasteiger partial charge is 0.112 e. The van der Waals surface area contributed by atoms with Crippen molar-refractivity contribution in [3.05, 3.63) is 29.6 Å². The first kappa shape index (κ1) is 13.6. The Bertz CT molecular complexity index is 579. The zero-order valence-corrected chi connectivity index (χ0v) is 12.7. The summed E-state index contributed by atoms with van der Waals surface area (Å²) in [7, 11) is 4.17. The fourth-order valence-electron chi connectivity index (χ4n) is 3.41. The third-order valence-electron chi connectivity index (χ3n) is 4.61. The summed E-state index contributed by atoms with van der Waals surface area (Å²) in [5, 5.41) is 3.21. The highest BCUT2D eigenvalue weighted by atomic mass is 15.1. The van der Waals surface area contributed by atoms with E-state index >= 15 is 0 Å². The largest absolute Gasteiger partial charge is 0.331 e. The van der Waals surface area contributed by atoms with E-state index in [9.17, 15) is 0 Å². The predicted octanol–water partition coefficient (Wildman–Crippen LogP) is 3.38. The lowest BCUT2D eigenvalue weighted by Crippen LogP contribution is -2.10. The fraction of sp³-hybridized carbons (Fsp3) is 0.588. The first-order valence-corrected chi connectivity index (χ1v) is 7.89. The molecule has 3 nitrogen and oxygen atoms in total. The molecule has 0 atom stereocenters. The number of nitrogens with zero attached hydrogens (tertiary/aromatic N) is 2. The van der Waals surface area contributed by atoms with Crippen molar-refractivity contribution in [2.75, 3.05) is 13.6 Å². The van der Waals surface area contributed by atoms with E-state index in [2.05, 4.69) is 35.1 Å². The molecule has 1 N–H and O–H groups in total. The van der Waals surface area contributed by atoms with Crippen LogP contribution in [0.3, 0.4) is 0 Å². The van der Waals surface area contributed by atoms with Crippen LogP contribution in [0.4, 0.5) is 0 Å². The van der Waals surface area contributed by atoms with E-state index in [1.807, 2.05) is 7.05 Å².